The number of rotatable bonds is 6. The van der Waals surface area contributed by atoms with Gasteiger partial charge in [-0.05, 0) is 20.8 Å². The molecule has 1 saturated carbocycles. The Morgan fingerprint density at radius 2 is 2.10 bits per heavy atom. The number of aliphatic hydroxyl groups is 1. The summed E-state index contributed by atoms with van der Waals surface area (Å²) in [5, 5.41) is 18.6. The predicted molar refractivity (Wildman–Crippen MR) is 83.2 cm³/mol. The number of ether oxygens (including phenoxy) is 1. The van der Waals surface area contributed by atoms with Crippen LogP contribution in [0.15, 0.2) is 0 Å². The van der Waals surface area contributed by atoms with E-state index in [0.29, 0.717) is 19.6 Å². The summed E-state index contributed by atoms with van der Waals surface area (Å²) in [4.78, 5) is 0. The van der Waals surface area contributed by atoms with Gasteiger partial charge in [-0.1, -0.05) is 13.8 Å². The second kappa shape index (κ2) is 5.71. The fourth-order valence-electron chi connectivity index (χ4n) is 3.23. The number of nitrogens with one attached hydrogen (secondary N) is 1. The van der Waals surface area contributed by atoms with E-state index in [-0.39, 0.29) is 11.5 Å². The normalized spacial score (nSPS) is 27.7. The summed E-state index contributed by atoms with van der Waals surface area (Å²) >= 11 is 0. The third-order valence-electron chi connectivity index (χ3n) is 5.27. The fourth-order valence-corrected chi connectivity index (χ4v) is 3.23. The Hall–Kier alpha value is -0.910. The average molecular weight is 295 g/mol. The lowest BCUT2D eigenvalue weighted by molar-refractivity contribution is -0.238. The second-order valence-electron chi connectivity index (χ2n) is 6.78. The van der Waals surface area contributed by atoms with E-state index in [0.717, 1.165) is 12.2 Å². The van der Waals surface area contributed by atoms with Gasteiger partial charge in [-0.3, -0.25) is 4.68 Å². The summed E-state index contributed by atoms with van der Waals surface area (Å²) < 4.78 is 7.60. The highest BCUT2D eigenvalue weighted by molar-refractivity contribution is 5.24. The maximum atomic E-state index is 10.8. The smallest absolute Gasteiger partial charge is 0.0871 e. The Morgan fingerprint density at radius 1 is 1.43 bits per heavy atom. The number of hydrogen-bond donors (Lipinski definition) is 2. The van der Waals surface area contributed by atoms with Crippen molar-refractivity contribution in [1.82, 2.24) is 15.1 Å². The SMILES string of the molecule is CCO[C@H]1C[C@@](O)(CNCc2c(C)nn(C)c2C)C1(C)C. The van der Waals surface area contributed by atoms with Crippen molar-refractivity contribution in [2.45, 2.75) is 59.3 Å². The van der Waals surface area contributed by atoms with Gasteiger partial charge in [0.1, 0.15) is 0 Å². The molecule has 5 nitrogen and oxygen atoms in total. The van der Waals surface area contributed by atoms with Crippen LogP contribution >= 0.6 is 0 Å². The lowest BCUT2D eigenvalue weighted by Crippen LogP contribution is -2.68. The lowest BCUT2D eigenvalue weighted by atomic mass is 9.56. The van der Waals surface area contributed by atoms with E-state index < -0.39 is 5.60 Å². The monoisotopic (exact) mass is 295 g/mol. The molecular weight excluding hydrogens is 266 g/mol. The molecule has 120 valence electrons. The van der Waals surface area contributed by atoms with Crippen LogP contribution in [0.2, 0.25) is 0 Å². The van der Waals surface area contributed by atoms with Crippen molar-refractivity contribution < 1.29 is 9.84 Å². The van der Waals surface area contributed by atoms with Crippen LogP contribution < -0.4 is 5.32 Å². The second-order valence-corrected chi connectivity index (χ2v) is 6.78. The molecule has 0 saturated heterocycles. The molecule has 0 spiro atoms. The molecule has 1 fully saturated rings. The summed E-state index contributed by atoms with van der Waals surface area (Å²) in [6, 6.07) is 0. The molecule has 1 aromatic heterocycles. The van der Waals surface area contributed by atoms with Gasteiger partial charge in [0.25, 0.3) is 0 Å². The molecule has 0 aliphatic heterocycles. The summed E-state index contributed by atoms with van der Waals surface area (Å²) in [6.45, 7) is 12.3. The highest BCUT2D eigenvalue weighted by Gasteiger charge is 2.59. The van der Waals surface area contributed by atoms with Gasteiger partial charge in [-0.25, -0.2) is 0 Å². The zero-order chi connectivity index (χ0) is 15.8. The average Bonchev–Trinajstić information content (AvgIpc) is 2.65. The first-order valence-corrected chi connectivity index (χ1v) is 7.76. The first kappa shape index (κ1) is 16.5. The molecule has 0 aromatic carbocycles. The molecule has 0 unspecified atom stereocenters. The Labute approximate surface area is 127 Å². The van der Waals surface area contributed by atoms with Crippen LogP contribution in [-0.4, -0.2) is 39.7 Å². The third-order valence-corrected chi connectivity index (χ3v) is 5.27. The Bertz CT molecular complexity index is 510. The summed E-state index contributed by atoms with van der Waals surface area (Å²) in [6.07, 6.45) is 0.849. The number of aryl methyl sites for hydroxylation is 2. The zero-order valence-corrected chi connectivity index (χ0v) is 14.2. The van der Waals surface area contributed by atoms with E-state index in [2.05, 4.69) is 31.2 Å². The minimum absolute atomic E-state index is 0.149. The molecule has 2 N–H and O–H groups in total. The van der Waals surface area contributed by atoms with E-state index in [9.17, 15) is 5.11 Å². The topological polar surface area (TPSA) is 59.3 Å². The number of nitrogens with zero attached hydrogens (tertiary/aromatic N) is 2. The molecule has 1 aliphatic carbocycles. The number of hydrogen-bond acceptors (Lipinski definition) is 4. The molecule has 0 amide bonds. The van der Waals surface area contributed by atoms with E-state index in [4.69, 9.17) is 4.74 Å². The van der Waals surface area contributed by atoms with E-state index in [1.54, 1.807) is 0 Å². The van der Waals surface area contributed by atoms with Crippen molar-refractivity contribution >= 4 is 0 Å². The van der Waals surface area contributed by atoms with E-state index in [1.165, 1.54) is 11.3 Å². The van der Waals surface area contributed by atoms with Crippen molar-refractivity contribution in [3.05, 3.63) is 17.0 Å². The van der Waals surface area contributed by atoms with Crippen LogP contribution in [-0.2, 0) is 18.3 Å². The molecule has 1 heterocycles. The largest absolute Gasteiger partial charge is 0.388 e. The molecule has 2 atom stereocenters. The van der Waals surface area contributed by atoms with Crippen molar-refractivity contribution in [3.8, 4) is 0 Å². The van der Waals surface area contributed by atoms with Crippen LogP contribution in [0.4, 0.5) is 0 Å². The molecular formula is C16H29N3O2. The standard InChI is InChI=1S/C16H29N3O2/c1-7-21-14-8-16(20,15(14,4)5)10-17-9-13-11(2)18-19(6)12(13)3/h14,17,20H,7-10H2,1-6H3/t14-,16+/m0/s1. The van der Waals surface area contributed by atoms with Gasteiger partial charge in [0, 0.05) is 49.8 Å². The first-order valence-electron chi connectivity index (χ1n) is 7.76. The molecule has 1 aromatic rings. The van der Waals surface area contributed by atoms with Gasteiger partial charge in [0.15, 0.2) is 0 Å². The highest BCUT2D eigenvalue weighted by Crippen LogP contribution is 2.50. The maximum Gasteiger partial charge on any atom is 0.0871 e. The maximum absolute atomic E-state index is 10.8. The minimum atomic E-state index is -0.698. The van der Waals surface area contributed by atoms with Crippen LogP contribution in [0.1, 0.15) is 44.1 Å². The quantitative estimate of drug-likeness (QED) is 0.838. The van der Waals surface area contributed by atoms with Gasteiger partial charge >= 0.3 is 0 Å². The Balaban J connectivity index is 1.92. The van der Waals surface area contributed by atoms with Gasteiger partial charge in [-0.15, -0.1) is 0 Å². The molecule has 2 rings (SSSR count). The van der Waals surface area contributed by atoms with Gasteiger partial charge in [0.2, 0.25) is 0 Å². The van der Waals surface area contributed by atoms with Crippen LogP contribution in [0.3, 0.4) is 0 Å². The van der Waals surface area contributed by atoms with E-state index >= 15 is 0 Å². The van der Waals surface area contributed by atoms with Crippen LogP contribution in [0.5, 0.6) is 0 Å². The molecule has 5 heteroatoms. The van der Waals surface area contributed by atoms with Crippen molar-refractivity contribution in [3.63, 3.8) is 0 Å². The van der Waals surface area contributed by atoms with Crippen molar-refractivity contribution in [1.29, 1.82) is 0 Å². The zero-order valence-electron chi connectivity index (χ0n) is 14.2. The first-order chi connectivity index (χ1) is 9.73. The highest BCUT2D eigenvalue weighted by atomic mass is 16.5. The van der Waals surface area contributed by atoms with Crippen LogP contribution in [0, 0.1) is 19.3 Å². The molecule has 0 radical (unpaired) electrons. The van der Waals surface area contributed by atoms with Crippen LogP contribution in [0.25, 0.3) is 0 Å². The minimum Gasteiger partial charge on any atom is -0.388 e. The lowest BCUT2D eigenvalue weighted by Gasteiger charge is -2.58. The summed E-state index contributed by atoms with van der Waals surface area (Å²) in [5.41, 5.74) is 2.53. The van der Waals surface area contributed by atoms with Crippen molar-refractivity contribution in [2.75, 3.05) is 13.2 Å². The predicted octanol–water partition coefficient (Wildman–Crippen LogP) is 1.69. The summed E-state index contributed by atoms with van der Waals surface area (Å²) in [5.74, 6) is 0. The molecule has 0 bridgehead atoms. The fraction of sp³-hybridized carbons (Fsp3) is 0.812. The van der Waals surface area contributed by atoms with Gasteiger partial charge < -0.3 is 15.2 Å². The summed E-state index contributed by atoms with van der Waals surface area (Å²) in [7, 11) is 1.96. The molecule has 21 heavy (non-hydrogen) atoms. The van der Waals surface area contributed by atoms with Crippen molar-refractivity contribution in [2.24, 2.45) is 12.5 Å². The van der Waals surface area contributed by atoms with Gasteiger partial charge in [0.05, 0.1) is 17.4 Å². The third kappa shape index (κ3) is 2.74. The Kier molecular flexibility index (Phi) is 4.47. The number of aromatic nitrogens is 2. The van der Waals surface area contributed by atoms with E-state index in [1.807, 2.05) is 25.6 Å². The van der Waals surface area contributed by atoms with Gasteiger partial charge in [-0.2, -0.15) is 5.10 Å². The Morgan fingerprint density at radius 3 is 2.57 bits per heavy atom. The molecule has 1 aliphatic rings.